The maximum Gasteiger partial charge on any atom is 0.272 e. The van der Waals surface area contributed by atoms with Gasteiger partial charge in [-0.2, -0.15) is 0 Å². The van der Waals surface area contributed by atoms with Crippen LogP contribution in [0, 0.1) is 0 Å². The van der Waals surface area contributed by atoms with Crippen molar-refractivity contribution in [3.05, 3.63) is 119 Å². The Morgan fingerprint density at radius 1 is 0.727 bits per heavy atom. The Kier molecular flexibility index (Phi) is 6.41. The van der Waals surface area contributed by atoms with Crippen molar-refractivity contribution in [3.63, 3.8) is 0 Å². The van der Waals surface area contributed by atoms with Gasteiger partial charge in [0.1, 0.15) is 5.70 Å². The number of anilines is 1. The van der Waals surface area contributed by atoms with E-state index in [0.29, 0.717) is 16.8 Å². The molecule has 33 heavy (non-hydrogen) atoms. The predicted octanol–water partition coefficient (Wildman–Crippen LogP) is 5.45. The van der Waals surface area contributed by atoms with E-state index in [1.54, 1.807) is 54.6 Å². The number of Topliss-reactive ketones (excluding diaryl/α,β-unsaturated/α-hetero) is 1. The minimum absolute atomic E-state index is 0.0911. The Bertz CT molecular complexity index is 1370. The van der Waals surface area contributed by atoms with Gasteiger partial charge in [-0.25, -0.2) is 0 Å². The molecular formula is C28H22N2O3. The number of hydrogen-bond donors (Lipinski definition) is 2. The van der Waals surface area contributed by atoms with Gasteiger partial charge >= 0.3 is 0 Å². The van der Waals surface area contributed by atoms with Crippen LogP contribution in [-0.2, 0) is 4.79 Å². The highest BCUT2D eigenvalue weighted by molar-refractivity contribution is 6.12. The van der Waals surface area contributed by atoms with Gasteiger partial charge in [-0.1, -0.05) is 72.8 Å². The molecule has 0 spiro atoms. The molecule has 162 valence electrons. The van der Waals surface area contributed by atoms with E-state index in [4.69, 9.17) is 0 Å². The molecule has 5 heteroatoms. The van der Waals surface area contributed by atoms with E-state index < -0.39 is 11.8 Å². The van der Waals surface area contributed by atoms with Crippen molar-refractivity contribution in [1.29, 1.82) is 0 Å². The number of hydrogen-bond acceptors (Lipinski definition) is 3. The molecule has 0 fully saturated rings. The van der Waals surface area contributed by atoms with Crippen molar-refractivity contribution in [2.75, 3.05) is 5.32 Å². The van der Waals surface area contributed by atoms with Crippen LogP contribution in [0.2, 0.25) is 0 Å². The second-order valence-corrected chi connectivity index (χ2v) is 7.54. The summed E-state index contributed by atoms with van der Waals surface area (Å²) in [6, 6.07) is 29.0. The van der Waals surface area contributed by atoms with Crippen LogP contribution in [0.3, 0.4) is 0 Å². The molecule has 0 aliphatic rings. The lowest BCUT2D eigenvalue weighted by molar-refractivity contribution is -0.113. The fourth-order valence-electron chi connectivity index (χ4n) is 3.49. The quantitative estimate of drug-likeness (QED) is 0.313. The average Bonchev–Trinajstić information content (AvgIpc) is 2.84. The van der Waals surface area contributed by atoms with Crippen molar-refractivity contribution >= 4 is 40.1 Å². The van der Waals surface area contributed by atoms with Crippen LogP contribution in [0.4, 0.5) is 5.69 Å². The van der Waals surface area contributed by atoms with Gasteiger partial charge in [0.25, 0.3) is 11.8 Å². The summed E-state index contributed by atoms with van der Waals surface area (Å²) < 4.78 is 0. The minimum Gasteiger partial charge on any atom is -0.321 e. The molecule has 0 heterocycles. The number of nitrogens with one attached hydrogen (secondary N) is 2. The topological polar surface area (TPSA) is 75.3 Å². The zero-order valence-corrected chi connectivity index (χ0v) is 18.0. The fourth-order valence-corrected chi connectivity index (χ4v) is 3.49. The van der Waals surface area contributed by atoms with Crippen LogP contribution >= 0.6 is 0 Å². The third kappa shape index (κ3) is 5.22. The zero-order valence-electron chi connectivity index (χ0n) is 18.0. The van der Waals surface area contributed by atoms with Crippen LogP contribution in [0.25, 0.3) is 16.8 Å². The summed E-state index contributed by atoms with van der Waals surface area (Å²) in [5.41, 5.74) is 2.27. The fraction of sp³-hybridized carbons (Fsp3) is 0.0357. The van der Waals surface area contributed by atoms with Gasteiger partial charge in [0.2, 0.25) is 0 Å². The standard InChI is InChI=1S/C28H22N2O3/c1-19(31)22-13-8-15-24(17-22)29-28(33)26(30-27(32)21-10-3-2-4-11-21)18-23-14-7-12-20-9-5-6-16-25(20)23/h2-18H,1H3,(H,29,33)(H,30,32)/b26-18+. The summed E-state index contributed by atoms with van der Waals surface area (Å²) in [7, 11) is 0. The van der Waals surface area contributed by atoms with Gasteiger partial charge in [-0.05, 0) is 53.6 Å². The number of amides is 2. The normalized spacial score (nSPS) is 11.1. The van der Waals surface area contributed by atoms with Gasteiger partial charge in [0, 0.05) is 16.8 Å². The number of fused-ring (bicyclic) bond motifs is 1. The summed E-state index contributed by atoms with van der Waals surface area (Å²) in [6.07, 6.45) is 1.66. The highest BCUT2D eigenvalue weighted by Crippen LogP contribution is 2.21. The summed E-state index contributed by atoms with van der Waals surface area (Å²) in [5, 5.41) is 7.51. The predicted molar refractivity (Wildman–Crippen MR) is 131 cm³/mol. The van der Waals surface area contributed by atoms with Crippen LogP contribution in [0.5, 0.6) is 0 Å². The Labute approximate surface area is 191 Å². The van der Waals surface area contributed by atoms with Gasteiger partial charge in [-0.15, -0.1) is 0 Å². The smallest absolute Gasteiger partial charge is 0.272 e. The highest BCUT2D eigenvalue weighted by Gasteiger charge is 2.16. The van der Waals surface area contributed by atoms with Crippen molar-refractivity contribution < 1.29 is 14.4 Å². The molecule has 0 aliphatic carbocycles. The van der Waals surface area contributed by atoms with Crippen LogP contribution in [-0.4, -0.2) is 17.6 Å². The lowest BCUT2D eigenvalue weighted by Gasteiger charge is -2.12. The summed E-state index contributed by atoms with van der Waals surface area (Å²) in [5.74, 6) is -0.988. The minimum atomic E-state index is -0.493. The number of ketones is 1. The molecule has 0 aromatic heterocycles. The van der Waals surface area contributed by atoms with Crippen molar-refractivity contribution in [2.45, 2.75) is 6.92 Å². The molecular weight excluding hydrogens is 412 g/mol. The van der Waals surface area contributed by atoms with Crippen molar-refractivity contribution in [1.82, 2.24) is 5.32 Å². The van der Waals surface area contributed by atoms with E-state index in [1.807, 2.05) is 48.5 Å². The van der Waals surface area contributed by atoms with E-state index in [2.05, 4.69) is 10.6 Å². The molecule has 0 aliphatic heterocycles. The molecule has 4 aromatic carbocycles. The first-order valence-corrected chi connectivity index (χ1v) is 10.5. The molecule has 0 bridgehead atoms. The second kappa shape index (κ2) is 9.75. The van der Waals surface area contributed by atoms with Gasteiger partial charge in [0.15, 0.2) is 5.78 Å². The van der Waals surface area contributed by atoms with Crippen molar-refractivity contribution in [2.24, 2.45) is 0 Å². The summed E-state index contributed by atoms with van der Waals surface area (Å²) in [4.78, 5) is 37.8. The number of benzene rings is 4. The first-order valence-electron chi connectivity index (χ1n) is 10.5. The third-order valence-electron chi connectivity index (χ3n) is 5.18. The van der Waals surface area contributed by atoms with Gasteiger partial charge < -0.3 is 10.6 Å². The molecule has 2 N–H and O–H groups in total. The summed E-state index contributed by atoms with van der Waals surface area (Å²) in [6.45, 7) is 1.47. The monoisotopic (exact) mass is 434 g/mol. The average molecular weight is 434 g/mol. The maximum atomic E-state index is 13.2. The van der Waals surface area contributed by atoms with Crippen LogP contribution in [0.15, 0.2) is 103 Å². The molecule has 0 saturated carbocycles. The molecule has 0 saturated heterocycles. The SMILES string of the molecule is CC(=O)c1cccc(NC(=O)/C(=C\c2cccc3ccccc23)NC(=O)c2ccccc2)c1. The van der Waals surface area contributed by atoms with Gasteiger partial charge in [0.05, 0.1) is 0 Å². The lowest BCUT2D eigenvalue weighted by atomic mass is 10.0. The lowest BCUT2D eigenvalue weighted by Crippen LogP contribution is -2.30. The molecule has 4 rings (SSSR count). The van der Waals surface area contributed by atoms with E-state index >= 15 is 0 Å². The maximum absolute atomic E-state index is 13.2. The molecule has 5 nitrogen and oxygen atoms in total. The Hall–Kier alpha value is -4.51. The number of carbonyl (C=O) groups is 3. The molecule has 0 radical (unpaired) electrons. The molecule has 4 aromatic rings. The van der Waals surface area contributed by atoms with E-state index in [9.17, 15) is 14.4 Å². The Morgan fingerprint density at radius 2 is 1.39 bits per heavy atom. The number of carbonyl (C=O) groups excluding carboxylic acids is 3. The van der Waals surface area contributed by atoms with Crippen LogP contribution < -0.4 is 10.6 Å². The Balaban J connectivity index is 1.71. The highest BCUT2D eigenvalue weighted by atomic mass is 16.2. The molecule has 2 amide bonds. The van der Waals surface area contributed by atoms with E-state index in [0.717, 1.165) is 16.3 Å². The molecule has 0 unspecified atom stereocenters. The van der Waals surface area contributed by atoms with Crippen molar-refractivity contribution in [3.8, 4) is 0 Å². The first kappa shape index (κ1) is 21.7. The third-order valence-corrected chi connectivity index (χ3v) is 5.18. The zero-order chi connectivity index (χ0) is 23.2. The van der Waals surface area contributed by atoms with Crippen LogP contribution in [0.1, 0.15) is 33.2 Å². The summed E-state index contributed by atoms with van der Waals surface area (Å²) >= 11 is 0. The Morgan fingerprint density at radius 3 is 2.18 bits per heavy atom. The van der Waals surface area contributed by atoms with E-state index in [1.165, 1.54) is 6.92 Å². The van der Waals surface area contributed by atoms with E-state index in [-0.39, 0.29) is 11.5 Å². The first-order chi connectivity index (χ1) is 16.0. The van der Waals surface area contributed by atoms with Gasteiger partial charge in [-0.3, -0.25) is 14.4 Å². The molecule has 0 atom stereocenters. The second-order valence-electron chi connectivity index (χ2n) is 7.54. The largest absolute Gasteiger partial charge is 0.321 e. The number of rotatable bonds is 6.